The largest absolute Gasteiger partial charge is 0.282 e. The lowest BCUT2D eigenvalue weighted by molar-refractivity contribution is 0.600. The molecule has 0 fully saturated rings. The first-order chi connectivity index (χ1) is 8.96. The van der Waals surface area contributed by atoms with Crippen molar-refractivity contribution in [2.24, 2.45) is 0 Å². The van der Waals surface area contributed by atoms with Crippen LogP contribution in [0, 0.1) is 6.92 Å². The molecule has 0 aliphatic rings. The van der Waals surface area contributed by atoms with E-state index in [0.717, 1.165) is 11.1 Å². The molecular formula is C14H14ClNO2S. The molecule has 2 rings (SSSR count). The van der Waals surface area contributed by atoms with Gasteiger partial charge in [-0.3, -0.25) is 4.72 Å². The minimum atomic E-state index is -3.46. The third kappa shape index (κ3) is 3.98. The minimum absolute atomic E-state index is 0.0714. The average molecular weight is 296 g/mol. The standard InChI is InChI=1S/C14H14ClNO2S/c1-11-7-8-14(13(15)9-11)16-19(17,18)10-12-5-3-2-4-6-12/h2-9,16H,10H2,1H3. The summed E-state index contributed by atoms with van der Waals surface area (Å²) in [6.07, 6.45) is 0. The number of anilines is 1. The maximum absolute atomic E-state index is 12.0. The molecule has 0 saturated carbocycles. The average Bonchev–Trinajstić information content (AvgIpc) is 2.33. The molecule has 2 aromatic carbocycles. The van der Waals surface area contributed by atoms with E-state index in [-0.39, 0.29) is 5.75 Å². The maximum Gasteiger partial charge on any atom is 0.236 e. The minimum Gasteiger partial charge on any atom is -0.282 e. The molecule has 5 heteroatoms. The van der Waals surface area contributed by atoms with Crippen LogP contribution < -0.4 is 4.72 Å². The molecule has 100 valence electrons. The van der Waals surface area contributed by atoms with Gasteiger partial charge in [-0.1, -0.05) is 48.0 Å². The highest BCUT2D eigenvalue weighted by atomic mass is 35.5. The molecule has 0 amide bonds. The predicted octanol–water partition coefficient (Wildman–Crippen LogP) is 3.59. The SMILES string of the molecule is Cc1ccc(NS(=O)(=O)Cc2ccccc2)c(Cl)c1. The first-order valence-electron chi connectivity index (χ1n) is 5.77. The van der Waals surface area contributed by atoms with E-state index in [4.69, 9.17) is 11.6 Å². The van der Waals surface area contributed by atoms with E-state index >= 15 is 0 Å². The van der Waals surface area contributed by atoms with E-state index in [1.54, 1.807) is 24.3 Å². The van der Waals surface area contributed by atoms with Crippen LogP contribution in [0.4, 0.5) is 5.69 Å². The number of hydrogen-bond acceptors (Lipinski definition) is 2. The van der Waals surface area contributed by atoms with Crippen LogP contribution in [0.5, 0.6) is 0 Å². The van der Waals surface area contributed by atoms with Crippen molar-refractivity contribution in [2.75, 3.05) is 4.72 Å². The highest BCUT2D eigenvalue weighted by molar-refractivity contribution is 7.91. The molecular weight excluding hydrogens is 282 g/mol. The Bertz CT molecular complexity index is 669. The summed E-state index contributed by atoms with van der Waals surface area (Å²) in [7, 11) is -3.46. The Labute approximate surface area is 118 Å². The Hall–Kier alpha value is -1.52. The van der Waals surface area contributed by atoms with E-state index < -0.39 is 10.0 Å². The third-order valence-corrected chi connectivity index (χ3v) is 4.15. The van der Waals surface area contributed by atoms with E-state index in [2.05, 4.69) is 4.72 Å². The molecule has 0 atom stereocenters. The Morgan fingerprint density at radius 1 is 1.11 bits per heavy atom. The van der Waals surface area contributed by atoms with Gasteiger partial charge in [0.25, 0.3) is 0 Å². The Morgan fingerprint density at radius 2 is 1.79 bits per heavy atom. The lowest BCUT2D eigenvalue weighted by Crippen LogP contribution is -2.15. The highest BCUT2D eigenvalue weighted by Gasteiger charge is 2.13. The number of aryl methyl sites for hydroxylation is 1. The van der Waals surface area contributed by atoms with Gasteiger partial charge in [0, 0.05) is 0 Å². The van der Waals surface area contributed by atoms with Crippen LogP contribution in [0.15, 0.2) is 48.5 Å². The number of sulfonamides is 1. The number of rotatable bonds is 4. The molecule has 2 aromatic rings. The lowest BCUT2D eigenvalue weighted by Gasteiger charge is -2.10. The topological polar surface area (TPSA) is 46.2 Å². The molecule has 19 heavy (non-hydrogen) atoms. The van der Waals surface area contributed by atoms with Crippen LogP contribution in [-0.2, 0) is 15.8 Å². The molecule has 0 heterocycles. The van der Waals surface area contributed by atoms with Crippen LogP contribution in [0.25, 0.3) is 0 Å². The van der Waals surface area contributed by atoms with Gasteiger partial charge in [0.15, 0.2) is 0 Å². The molecule has 0 bridgehead atoms. The second-order valence-electron chi connectivity index (χ2n) is 4.33. The summed E-state index contributed by atoms with van der Waals surface area (Å²) in [5.41, 5.74) is 2.12. The highest BCUT2D eigenvalue weighted by Crippen LogP contribution is 2.24. The Kier molecular flexibility index (Phi) is 4.12. The second-order valence-corrected chi connectivity index (χ2v) is 6.46. The summed E-state index contributed by atoms with van der Waals surface area (Å²) in [5.74, 6) is -0.0714. The first kappa shape index (κ1) is 13.9. The Balaban J connectivity index is 2.17. The fourth-order valence-electron chi connectivity index (χ4n) is 1.70. The summed E-state index contributed by atoms with van der Waals surface area (Å²) >= 11 is 6.01. The molecule has 0 aliphatic carbocycles. The van der Waals surface area contributed by atoms with Gasteiger partial charge in [-0.15, -0.1) is 0 Å². The summed E-state index contributed by atoms with van der Waals surface area (Å²) in [6.45, 7) is 1.90. The molecule has 0 spiro atoms. The van der Waals surface area contributed by atoms with E-state index in [9.17, 15) is 8.42 Å². The van der Waals surface area contributed by atoms with Gasteiger partial charge in [-0.2, -0.15) is 0 Å². The lowest BCUT2D eigenvalue weighted by atomic mass is 10.2. The van der Waals surface area contributed by atoms with Gasteiger partial charge < -0.3 is 0 Å². The van der Waals surface area contributed by atoms with Crippen molar-refractivity contribution in [2.45, 2.75) is 12.7 Å². The summed E-state index contributed by atoms with van der Waals surface area (Å²) in [6, 6.07) is 14.2. The number of hydrogen-bond donors (Lipinski definition) is 1. The summed E-state index contributed by atoms with van der Waals surface area (Å²) in [4.78, 5) is 0. The Morgan fingerprint density at radius 3 is 2.42 bits per heavy atom. The maximum atomic E-state index is 12.0. The van der Waals surface area contributed by atoms with Gasteiger partial charge in [0.1, 0.15) is 0 Å². The van der Waals surface area contributed by atoms with Gasteiger partial charge in [0.05, 0.1) is 16.5 Å². The van der Waals surface area contributed by atoms with Gasteiger partial charge in [0.2, 0.25) is 10.0 Å². The van der Waals surface area contributed by atoms with Crippen LogP contribution in [0.2, 0.25) is 5.02 Å². The van der Waals surface area contributed by atoms with Crippen LogP contribution in [0.1, 0.15) is 11.1 Å². The van der Waals surface area contributed by atoms with Crippen molar-refractivity contribution in [1.29, 1.82) is 0 Å². The second kappa shape index (κ2) is 5.63. The fraction of sp³-hybridized carbons (Fsp3) is 0.143. The third-order valence-electron chi connectivity index (χ3n) is 2.59. The van der Waals surface area contributed by atoms with Crippen molar-refractivity contribution >= 4 is 27.3 Å². The zero-order valence-electron chi connectivity index (χ0n) is 10.4. The zero-order chi connectivity index (χ0) is 13.9. The molecule has 3 nitrogen and oxygen atoms in total. The molecule has 0 aromatic heterocycles. The van der Waals surface area contributed by atoms with Crippen molar-refractivity contribution in [1.82, 2.24) is 0 Å². The van der Waals surface area contributed by atoms with E-state index in [0.29, 0.717) is 10.7 Å². The first-order valence-corrected chi connectivity index (χ1v) is 7.80. The molecule has 1 N–H and O–H groups in total. The summed E-state index contributed by atoms with van der Waals surface area (Å²) < 4.78 is 26.6. The van der Waals surface area contributed by atoms with Crippen LogP contribution in [-0.4, -0.2) is 8.42 Å². The van der Waals surface area contributed by atoms with Gasteiger partial charge in [-0.05, 0) is 30.2 Å². The van der Waals surface area contributed by atoms with Gasteiger partial charge in [-0.25, -0.2) is 8.42 Å². The van der Waals surface area contributed by atoms with Crippen molar-refractivity contribution < 1.29 is 8.42 Å². The smallest absolute Gasteiger partial charge is 0.236 e. The van der Waals surface area contributed by atoms with Crippen molar-refractivity contribution in [3.8, 4) is 0 Å². The molecule has 0 radical (unpaired) electrons. The predicted molar refractivity (Wildman–Crippen MR) is 78.9 cm³/mol. The van der Waals surface area contributed by atoms with Crippen molar-refractivity contribution in [3.05, 3.63) is 64.7 Å². The molecule has 0 saturated heterocycles. The zero-order valence-corrected chi connectivity index (χ0v) is 12.0. The monoisotopic (exact) mass is 295 g/mol. The number of nitrogens with one attached hydrogen (secondary N) is 1. The quantitative estimate of drug-likeness (QED) is 0.937. The van der Waals surface area contributed by atoms with E-state index in [1.807, 2.05) is 31.2 Å². The van der Waals surface area contributed by atoms with Crippen LogP contribution in [0.3, 0.4) is 0 Å². The van der Waals surface area contributed by atoms with Crippen molar-refractivity contribution in [3.63, 3.8) is 0 Å². The number of halogens is 1. The summed E-state index contributed by atoms with van der Waals surface area (Å²) in [5, 5.41) is 0.400. The van der Waals surface area contributed by atoms with E-state index in [1.165, 1.54) is 0 Å². The normalized spacial score (nSPS) is 11.3. The molecule has 0 unspecified atom stereocenters. The molecule has 0 aliphatic heterocycles. The fourth-order valence-corrected chi connectivity index (χ4v) is 3.26. The number of benzene rings is 2. The van der Waals surface area contributed by atoms with Crippen LogP contribution >= 0.6 is 11.6 Å². The van der Waals surface area contributed by atoms with Gasteiger partial charge >= 0.3 is 0 Å².